The highest BCUT2D eigenvalue weighted by atomic mass is 16.7. The van der Waals surface area contributed by atoms with Crippen molar-refractivity contribution in [2.75, 3.05) is 94.8 Å². The molecule has 1 unspecified atom stereocenters. The molecule has 32 heteroatoms. The average Bonchev–Trinajstić information content (AvgIpc) is 1.59. The second-order valence-electron chi connectivity index (χ2n) is 42.0. The van der Waals surface area contributed by atoms with E-state index >= 15 is 9.59 Å². The van der Waals surface area contributed by atoms with Crippen molar-refractivity contribution in [3.05, 3.63) is 198 Å². The number of aromatic nitrogens is 4. The third kappa shape index (κ3) is 27.7. The predicted octanol–water partition coefficient (Wildman–Crippen LogP) is 15.6. The maximum Gasteiger partial charge on any atom is 0.420 e. The van der Waals surface area contributed by atoms with E-state index in [2.05, 4.69) is 31.8 Å². The number of nitrogens with two attached hydrogens (primary N) is 1. The number of amides is 1. The van der Waals surface area contributed by atoms with Crippen LogP contribution in [0.15, 0.2) is 176 Å². The summed E-state index contributed by atoms with van der Waals surface area (Å²) < 4.78 is 79.5. The van der Waals surface area contributed by atoms with E-state index in [1.165, 1.54) is 58.2 Å². The number of imidazole rings is 1. The maximum atomic E-state index is 15.3. The van der Waals surface area contributed by atoms with Gasteiger partial charge in [0.1, 0.15) is 36.2 Å². The normalized spacial score (nSPS) is 32.9. The van der Waals surface area contributed by atoms with Crippen LogP contribution in [0.2, 0.25) is 0 Å². The van der Waals surface area contributed by atoms with Crippen LogP contribution in [0.4, 0.5) is 9.59 Å². The number of para-hydroxylation sites is 2. The number of nitrogens with zero attached hydrogens (tertiary/aromatic N) is 9. The Labute approximate surface area is 853 Å². The molecule has 2 N–H and O–H groups in total. The monoisotopic (exact) mass is 2000 g/mol. The molecular weight excluding hydrogens is 1850 g/mol. The van der Waals surface area contributed by atoms with Gasteiger partial charge in [-0.2, -0.15) is 0 Å². The van der Waals surface area contributed by atoms with Crippen molar-refractivity contribution in [2.45, 2.75) is 264 Å². The van der Waals surface area contributed by atoms with E-state index in [1.807, 2.05) is 178 Å². The highest BCUT2D eigenvalue weighted by Crippen LogP contribution is 2.46. The first-order valence-electron chi connectivity index (χ1n) is 51.2. The second kappa shape index (κ2) is 50.1. The number of rotatable bonds is 24. The van der Waals surface area contributed by atoms with Crippen LogP contribution < -0.4 is 5.73 Å². The Bertz CT molecular complexity index is 5690. The number of Topliss-reactive ketones (excluding diaryl/α,β-unsaturated/α-hetero) is 4. The molecular formula is C113H152N10O22. The molecule has 4 aromatic carbocycles. The van der Waals surface area contributed by atoms with Crippen LogP contribution in [0.3, 0.4) is 0 Å². The number of hydrogen-bond donors (Lipinski definition) is 1. The number of allylic oxidation sites excluding steroid dienone is 1. The van der Waals surface area contributed by atoms with Gasteiger partial charge in [-0.25, -0.2) is 28.7 Å². The van der Waals surface area contributed by atoms with Gasteiger partial charge in [-0.3, -0.25) is 43.6 Å². The van der Waals surface area contributed by atoms with E-state index in [9.17, 15) is 38.4 Å². The topological polar surface area (TPSA) is 367 Å². The van der Waals surface area contributed by atoms with Crippen LogP contribution in [-0.4, -0.2) is 300 Å². The largest absolute Gasteiger partial charge is 0.458 e. The lowest BCUT2D eigenvalue weighted by atomic mass is 9.73. The zero-order valence-electron chi connectivity index (χ0n) is 88.4. The molecule has 786 valence electrons. The molecule has 6 saturated heterocycles. The maximum absolute atomic E-state index is 15.3. The van der Waals surface area contributed by atoms with E-state index in [4.69, 9.17) is 62.6 Å². The Kier molecular flexibility index (Phi) is 39.0. The predicted molar refractivity (Wildman–Crippen MR) is 550 cm³/mol. The van der Waals surface area contributed by atoms with Gasteiger partial charge >= 0.3 is 36.1 Å². The van der Waals surface area contributed by atoms with Gasteiger partial charge in [-0.05, 0) is 259 Å². The Hall–Kier alpha value is -11.0. The highest BCUT2D eigenvalue weighted by molar-refractivity contribution is 6.01. The molecule has 10 heterocycles. The van der Waals surface area contributed by atoms with Crippen LogP contribution >= 0.6 is 0 Å². The van der Waals surface area contributed by atoms with Gasteiger partial charge in [0.15, 0.2) is 53.3 Å². The number of esters is 4. The number of pyridine rings is 2. The van der Waals surface area contributed by atoms with Gasteiger partial charge in [0.25, 0.3) is 0 Å². The number of ether oxygens (including phenoxy) is 12. The molecule has 0 bridgehead atoms. The Balaban J connectivity index is 0.000000239. The Morgan fingerprint density at radius 3 is 1.44 bits per heavy atom. The fourth-order valence-electron chi connectivity index (χ4n) is 22.0. The van der Waals surface area contributed by atoms with Crippen LogP contribution in [-0.2, 0) is 85.6 Å². The number of carbonyl (C=O) groups excluding carboxylic acids is 10. The lowest BCUT2D eigenvalue weighted by molar-refractivity contribution is -0.296. The molecule has 145 heavy (non-hydrogen) atoms. The molecule has 0 aliphatic carbocycles. The fourth-order valence-corrected chi connectivity index (χ4v) is 22.0. The number of ketones is 4. The summed E-state index contributed by atoms with van der Waals surface area (Å²) in [6.07, 6.45) is 9.26. The summed E-state index contributed by atoms with van der Waals surface area (Å²) in [6.45, 7) is 33.0. The lowest BCUT2D eigenvalue weighted by Gasteiger charge is -2.48. The smallest absolute Gasteiger partial charge is 0.420 e. The summed E-state index contributed by atoms with van der Waals surface area (Å²) in [6, 6.07) is 35.4. The van der Waals surface area contributed by atoms with Crippen molar-refractivity contribution in [1.29, 1.82) is 0 Å². The molecule has 14 rings (SSSR count). The Morgan fingerprint density at radius 1 is 0.566 bits per heavy atom. The van der Waals surface area contributed by atoms with Crippen LogP contribution in [0.25, 0.3) is 34.0 Å². The number of benzene rings is 4. The summed E-state index contributed by atoms with van der Waals surface area (Å²) in [5.41, 5.74) is 3.81. The molecule has 3 aromatic heterocycles. The number of fused-ring (bicyclic) bond motifs is 3. The molecule has 0 saturated carbocycles. The third-order valence-corrected chi connectivity index (χ3v) is 30.0. The summed E-state index contributed by atoms with van der Waals surface area (Å²) in [4.78, 5) is 167. The number of hydrogen-bond acceptors (Lipinski definition) is 30. The highest BCUT2D eigenvalue weighted by Gasteiger charge is 2.62. The minimum absolute atomic E-state index is 0.00650. The zero-order chi connectivity index (χ0) is 105. The number of carbonyl (C=O) groups is 10. The second-order valence-corrected chi connectivity index (χ2v) is 42.0. The van der Waals surface area contributed by atoms with E-state index in [-0.39, 0.29) is 86.2 Å². The average molecular weight is 2000 g/mol. The quantitative estimate of drug-likeness (QED) is 0.0333. The summed E-state index contributed by atoms with van der Waals surface area (Å²) in [7, 11) is 11.7. The minimum Gasteiger partial charge on any atom is -0.458 e. The molecule has 7 aliphatic heterocycles. The number of cyclic esters (lactones) is 2. The first-order valence-corrected chi connectivity index (χ1v) is 51.2. The van der Waals surface area contributed by atoms with Crippen LogP contribution in [0.1, 0.15) is 194 Å². The van der Waals surface area contributed by atoms with Crippen molar-refractivity contribution < 1.29 is 105 Å². The molecule has 7 aliphatic rings. The molecule has 0 spiro atoms. The molecule has 7 aromatic rings. The zero-order valence-corrected chi connectivity index (χ0v) is 88.4. The summed E-state index contributed by atoms with van der Waals surface area (Å²) in [5.74, 6) is -10.5. The Morgan fingerprint density at radius 2 is 1.01 bits per heavy atom. The molecule has 6 fully saturated rings. The molecule has 26 atom stereocenters. The van der Waals surface area contributed by atoms with Crippen molar-refractivity contribution in [3.63, 3.8) is 0 Å². The van der Waals surface area contributed by atoms with Crippen molar-refractivity contribution in [1.82, 2.24) is 44.0 Å². The van der Waals surface area contributed by atoms with Crippen molar-refractivity contribution >= 4 is 93.2 Å². The fraction of sp³-hybridized carbons (Fsp3) is 0.566. The van der Waals surface area contributed by atoms with E-state index in [0.717, 1.165) is 69.5 Å². The first-order chi connectivity index (χ1) is 68.9. The third-order valence-electron chi connectivity index (χ3n) is 30.0. The summed E-state index contributed by atoms with van der Waals surface area (Å²) >= 11 is 0. The standard InChI is InChI=1S/C55H74N4O11.C52H64N4O11.C6H14N2/c1-12-44-55(8)48(59(53(64)70-55)32-39-24-25-58(11)31-39)35(4)45(60)33(2)29-54(7,65-26-18-19-38-28-41-22-16-17-23-42(41)56-30-38)49(36(5)46(61)37(6)50(62)67-44)69-52-47(43(57(9)10)27-34(3)66-52)68-51(63)40-20-14-13-15-21-40;1-11-42-51(7,67-50(61)56-24-23-53-31-56)28-32(2)43(57)33(3)29-52(8,62-25-17-18-37-27-39-21-15-16-22-40(39)54-30-37)46(35(5)44(58)36(6)47(59)64-42)66-49-45(41(55(9)10)26-34(4)63-49)65-48(60)38-19-13-12-14-20-38;1-8-3-2-6(4-7)5-8/h13-23,28,30,33-37,39,43-44,47-49,52H,12,24-27,29,31-32H2,1-11H3;12-24,27-28,30-31,33-36,41-42,45-46,49H,11,25-26,29H2,1-10H3;6H,2-5,7H2,1H3/b19-18+;18-17+,32-28+;/t33-,34-,35+,36+,37-,39?,43+,44-,47-,48-,49-,52+,54-,55-;33-,34-,35+,36-,41+,42-,45-,46-,49+,51+,52-;6-/m111/s1. The van der Waals surface area contributed by atoms with Crippen molar-refractivity contribution in [3.8, 4) is 0 Å². The van der Waals surface area contributed by atoms with Crippen molar-refractivity contribution in [2.24, 2.45) is 59.0 Å². The number of likely N-dealkylation sites (N-methyl/N-ethyl adjacent to an activating group) is 2. The van der Waals surface area contributed by atoms with Gasteiger partial charge in [-0.15, -0.1) is 0 Å². The molecule has 1 amide bonds. The van der Waals surface area contributed by atoms with E-state index in [1.54, 1.807) is 127 Å². The SMILES string of the molecule is CC[C@H]1OC(=O)[C@H](C)C(=O)[C@H](C)[C@@H](O[C@@H]2O[C@H](C)C[C@H](N(C)C)[C@H]2OC(=O)c2ccccc2)[C@](C)(OC/C=C/c2cnc3ccccc3c2)C[C@@H](C)C(=O)/C(C)=C/[C@]1(C)OC(=O)n1ccnc1.CC[C@H]1OC(=O)[C@H](C)C(=O)[C@H](C)[C@@H](O[C@@H]2O[C@H](C)C[C@H](N(C)C)[C@H]2OC(=O)c2ccccc2)[C@](C)(OC/C=C/c2cnc3ccccc3c2)C[C@@H](C)C(=O)[C@H](C)[C@H]2N(CC3CCN(C)C3)C(=O)O[C@]12C.CN1CC[C@H](CN)C1. The van der Waals surface area contributed by atoms with Gasteiger partial charge < -0.3 is 82.2 Å². The van der Waals surface area contributed by atoms with Gasteiger partial charge in [0.2, 0.25) is 0 Å². The van der Waals surface area contributed by atoms with Gasteiger partial charge in [0.05, 0.1) is 89.1 Å². The summed E-state index contributed by atoms with van der Waals surface area (Å²) in [5, 5.41) is 1.94. The molecule has 0 radical (unpaired) electrons. The van der Waals surface area contributed by atoms with Crippen LogP contribution in [0, 0.1) is 53.3 Å². The van der Waals surface area contributed by atoms with Crippen LogP contribution in [0.5, 0.6) is 0 Å². The van der Waals surface area contributed by atoms with E-state index in [0.29, 0.717) is 30.5 Å². The van der Waals surface area contributed by atoms with Gasteiger partial charge in [-0.1, -0.05) is 146 Å². The minimum atomic E-state index is -1.65. The molecule has 32 nitrogen and oxygen atoms in total. The lowest BCUT2D eigenvalue weighted by Crippen LogP contribution is -2.61. The van der Waals surface area contributed by atoms with Gasteiger partial charge in [0, 0.05) is 84.8 Å². The number of likely N-dealkylation sites (tertiary alicyclic amines) is 2. The van der Waals surface area contributed by atoms with E-state index < -0.39 is 167 Å². The first kappa shape index (κ1) is 113.